The van der Waals surface area contributed by atoms with Crippen LogP contribution in [-0.2, 0) is 0 Å². The van der Waals surface area contributed by atoms with Gasteiger partial charge < -0.3 is 25.8 Å². The monoisotopic (exact) mass is 375 g/mol. The van der Waals surface area contributed by atoms with Gasteiger partial charge in [-0.05, 0) is 0 Å². The molecular weight excluding hydrogens is 346 g/mol. The molecule has 0 radical (unpaired) electrons. The van der Waals surface area contributed by atoms with Gasteiger partial charge in [-0.2, -0.15) is 15.8 Å². The van der Waals surface area contributed by atoms with E-state index in [2.05, 4.69) is 22.0 Å². The quantitative estimate of drug-likeness (QED) is 0.229. The molecule has 0 aromatic heterocycles. The van der Waals surface area contributed by atoms with E-state index in [-0.39, 0.29) is 6.03 Å². The maximum Gasteiger partial charge on any atom is 0.320 e. The summed E-state index contributed by atoms with van der Waals surface area (Å²) >= 11 is 0. The topological polar surface area (TPSA) is 134 Å². The van der Waals surface area contributed by atoms with Gasteiger partial charge in [0.1, 0.15) is 0 Å². The molecule has 2 amide bonds. The molecule has 148 valence electrons. The molecule has 27 heavy (non-hydrogen) atoms. The SMILES string of the molecule is N#CCNCCNCCN1CCN(CCN(CC#N)CCNCC#N)C1=O. The van der Waals surface area contributed by atoms with Gasteiger partial charge in [-0.25, -0.2) is 4.79 Å². The van der Waals surface area contributed by atoms with Crippen LogP contribution in [0.1, 0.15) is 0 Å². The van der Waals surface area contributed by atoms with Gasteiger partial charge in [-0.15, -0.1) is 0 Å². The van der Waals surface area contributed by atoms with Crippen LogP contribution in [0.5, 0.6) is 0 Å². The summed E-state index contributed by atoms with van der Waals surface area (Å²) in [7, 11) is 0. The standard InChI is InChI=1S/C17H29N9O/c18-1-4-21-6-7-23-9-12-25-15-16-26(17(25)27)14-13-24(10-3-20)11-8-22-5-2-19/h21-23H,4-16H2. The zero-order chi connectivity index (χ0) is 19.7. The predicted octanol–water partition coefficient (Wildman–Crippen LogP) is -1.63. The highest BCUT2D eigenvalue weighted by atomic mass is 16.2. The molecule has 1 rings (SSSR count). The van der Waals surface area contributed by atoms with Crippen LogP contribution in [0.25, 0.3) is 0 Å². The van der Waals surface area contributed by atoms with Crippen LogP contribution < -0.4 is 16.0 Å². The van der Waals surface area contributed by atoms with E-state index in [0.717, 1.165) is 26.2 Å². The average molecular weight is 375 g/mol. The number of nitrogens with zero attached hydrogens (tertiary/aromatic N) is 6. The third-order valence-corrected chi connectivity index (χ3v) is 4.21. The zero-order valence-electron chi connectivity index (χ0n) is 15.8. The number of hydrogen-bond donors (Lipinski definition) is 3. The van der Waals surface area contributed by atoms with E-state index in [9.17, 15) is 4.79 Å². The molecule has 0 aromatic rings. The molecule has 1 aliphatic heterocycles. The summed E-state index contributed by atoms with van der Waals surface area (Å²) in [6.45, 7) is 7.80. The van der Waals surface area contributed by atoms with Crippen LogP contribution in [0, 0.1) is 34.0 Å². The number of nitriles is 3. The van der Waals surface area contributed by atoms with E-state index in [0.29, 0.717) is 58.9 Å². The van der Waals surface area contributed by atoms with Crippen LogP contribution >= 0.6 is 0 Å². The summed E-state index contributed by atoms with van der Waals surface area (Å²) < 4.78 is 0. The van der Waals surface area contributed by atoms with Crippen molar-refractivity contribution in [3.63, 3.8) is 0 Å². The van der Waals surface area contributed by atoms with Gasteiger partial charge in [0.25, 0.3) is 0 Å². The molecule has 0 bridgehead atoms. The summed E-state index contributed by atoms with van der Waals surface area (Å²) in [5.74, 6) is 0. The molecular formula is C17H29N9O. The minimum Gasteiger partial charge on any atom is -0.322 e. The molecule has 1 fully saturated rings. The van der Waals surface area contributed by atoms with Crippen molar-refractivity contribution in [1.82, 2.24) is 30.7 Å². The number of carbonyl (C=O) groups is 1. The summed E-state index contributed by atoms with van der Waals surface area (Å²) in [5, 5.41) is 35.1. The molecule has 1 aliphatic rings. The highest BCUT2D eigenvalue weighted by Gasteiger charge is 2.27. The van der Waals surface area contributed by atoms with E-state index < -0.39 is 0 Å². The number of carbonyl (C=O) groups excluding carboxylic acids is 1. The summed E-state index contributed by atoms with van der Waals surface area (Å²) in [5.41, 5.74) is 0. The second-order valence-electron chi connectivity index (χ2n) is 6.11. The molecule has 0 aromatic carbocycles. The summed E-state index contributed by atoms with van der Waals surface area (Å²) in [6.07, 6.45) is 0. The maximum atomic E-state index is 12.4. The Labute approximate surface area is 161 Å². The zero-order valence-corrected chi connectivity index (χ0v) is 15.8. The first-order chi connectivity index (χ1) is 13.2. The molecule has 1 heterocycles. The Balaban J connectivity index is 2.21. The smallest absolute Gasteiger partial charge is 0.320 e. The van der Waals surface area contributed by atoms with Gasteiger partial charge in [0.15, 0.2) is 0 Å². The van der Waals surface area contributed by atoms with E-state index in [1.807, 2.05) is 26.8 Å². The lowest BCUT2D eigenvalue weighted by Crippen LogP contribution is -2.41. The normalized spacial score (nSPS) is 13.6. The molecule has 10 heteroatoms. The Morgan fingerprint density at radius 2 is 1.44 bits per heavy atom. The van der Waals surface area contributed by atoms with Crippen molar-refractivity contribution in [2.24, 2.45) is 0 Å². The van der Waals surface area contributed by atoms with Crippen molar-refractivity contribution in [2.75, 3.05) is 85.1 Å². The number of hydrogen-bond acceptors (Lipinski definition) is 8. The van der Waals surface area contributed by atoms with E-state index in [1.165, 1.54) is 0 Å². The average Bonchev–Trinajstić information content (AvgIpc) is 3.02. The lowest BCUT2D eigenvalue weighted by molar-refractivity contribution is 0.185. The van der Waals surface area contributed by atoms with E-state index >= 15 is 0 Å². The molecule has 3 N–H and O–H groups in total. The molecule has 0 spiro atoms. The molecule has 0 atom stereocenters. The van der Waals surface area contributed by atoms with Crippen LogP contribution in [0.3, 0.4) is 0 Å². The first kappa shape index (κ1) is 22.6. The third-order valence-electron chi connectivity index (χ3n) is 4.21. The second-order valence-corrected chi connectivity index (χ2v) is 6.11. The third kappa shape index (κ3) is 9.74. The van der Waals surface area contributed by atoms with Crippen molar-refractivity contribution >= 4 is 6.03 Å². The lowest BCUT2D eigenvalue weighted by atomic mass is 10.4. The largest absolute Gasteiger partial charge is 0.322 e. The number of rotatable bonds is 15. The van der Waals surface area contributed by atoms with Crippen molar-refractivity contribution in [3.05, 3.63) is 0 Å². The van der Waals surface area contributed by atoms with Gasteiger partial charge >= 0.3 is 6.03 Å². The van der Waals surface area contributed by atoms with Gasteiger partial charge in [-0.1, -0.05) is 0 Å². The fraction of sp³-hybridized carbons (Fsp3) is 0.765. The van der Waals surface area contributed by atoms with Crippen LogP contribution in [0.15, 0.2) is 0 Å². The van der Waals surface area contributed by atoms with Crippen molar-refractivity contribution in [3.8, 4) is 18.2 Å². The van der Waals surface area contributed by atoms with Gasteiger partial charge in [0, 0.05) is 65.4 Å². The Kier molecular flexibility index (Phi) is 12.3. The van der Waals surface area contributed by atoms with E-state index in [1.54, 1.807) is 0 Å². The van der Waals surface area contributed by atoms with Crippen molar-refractivity contribution in [2.45, 2.75) is 0 Å². The second kappa shape index (κ2) is 14.7. The van der Waals surface area contributed by atoms with E-state index in [4.69, 9.17) is 15.8 Å². The number of urea groups is 1. The van der Waals surface area contributed by atoms with Gasteiger partial charge in [0.05, 0.1) is 37.8 Å². The Morgan fingerprint density at radius 1 is 0.815 bits per heavy atom. The fourth-order valence-corrected chi connectivity index (χ4v) is 2.72. The molecule has 10 nitrogen and oxygen atoms in total. The van der Waals surface area contributed by atoms with Crippen molar-refractivity contribution < 1.29 is 4.79 Å². The van der Waals surface area contributed by atoms with Gasteiger partial charge in [0.2, 0.25) is 0 Å². The Hall–Kier alpha value is -2.42. The lowest BCUT2D eigenvalue weighted by Gasteiger charge is -2.23. The molecule has 0 aliphatic carbocycles. The maximum absolute atomic E-state index is 12.4. The molecule has 0 unspecified atom stereocenters. The van der Waals surface area contributed by atoms with Crippen LogP contribution in [0.4, 0.5) is 4.79 Å². The highest BCUT2D eigenvalue weighted by molar-refractivity contribution is 5.76. The Bertz CT molecular complexity index is 548. The number of amides is 2. The molecule has 1 saturated heterocycles. The number of nitrogens with one attached hydrogen (secondary N) is 3. The minimum atomic E-state index is 0.0407. The van der Waals surface area contributed by atoms with Crippen LogP contribution in [0.2, 0.25) is 0 Å². The summed E-state index contributed by atoms with van der Waals surface area (Å²) in [6, 6.07) is 6.23. The fourth-order valence-electron chi connectivity index (χ4n) is 2.72. The Morgan fingerprint density at radius 3 is 2.11 bits per heavy atom. The first-order valence-corrected chi connectivity index (χ1v) is 9.22. The van der Waals surface area contributed by atoms with Crippen LogP contribution in [-0.4, -0.2) is 106 Å². The minimum absolute atomic E-state index is 0.0407. The molecule has 0 saturated carbocycles. The summed E-state index contributed by atoms with van der Waals surface area (Å²) in [4.78, 5) is 18.1. The van der Waals surface area contributed by atoms with Crippen molar-refractivity contribution in [1.29, 1.82) is 15.8 Å². The highest BCUT2D eigenvalue weighted by Crippen LogP contribution is 2.07. The predicted molar refractivity (Wildman–Crippen MR) is 100 cm³/mol. The first-order valence-electron chi connectivity index (χ1n) is 9.22. The van der Waals surface area contributed by atoms with Gasteiger partial charge in [-0.3, -0.25) is 4.90 Å².